The molecular formula is C15H23NO2. The lowest BCUT2D eigenvalue weighted by molar-refractivity contribution is -0.143. The number of hydrogen-bond donors (Lipinski definition) is 1. The average molecular weight is 249 g/mol. The molecular weight excluding hydrogens is 226 g/mol. The predicted octanol–water partition coefficient (Wildman–Crippen LogP) is 2.80. The number of benzene rings is 1. The monoisotopic (exact) mass is 249 g/mol. The number of carbonyl (C=O) groups is 1. The Hall–Kier alpha value is -1.35. The van der Waals surface area contributed by atoms with E-state index in [1.165, 1.54) is 0 Å². The van der Waals surface area contributed by atoms with Crippen LogP contribution in [0.4, 0.5) is 0 Å². The van der Waals surface area contributed by atoms with Crippen molar-refractivity contribution >= 4 is 5.97 Å². The highest BCUT2D eigenvalue weighted by molar-refractivity contribution is 5.74. The first-order valence-corrected chi connectivity index (χ1v) is 6.69. The smallest absolute Gasteiger partial charge is 0.321 e. The van der Waals surface area contributed by atoms with E-state index in [1.54, 1.807) is 0 Å². The molecule has 0 saturated heterocycles. The third-order valence-electron chi connectivity index (χ3n) is 3.02. The number of carboxylic acid groups (broad SMARTS) is 1. The molecule has 18 heavy (non-hydrogen) atoms. The van der Waals surface area contributed by atoms with Gasteiger partial charge in [-0.1, -0.05) is 44.2 Å². The summed E-state index contributed by atoms with van der Waals surface area (Å²) in [5, 5.41) is 9.42. The third-order valence-corrected chi connectivity index (χ3v) is 3.02. The molecule has 3 heteroatoms. The summed E-state index contributed by atoms with van der Waals surface area (Å²) < 4.78 is 0. The second-order valence-electron chi connectivity index (χ2n) is 4.58. The quantitative estimate of drug-likeness (QED) is 0.770. The molecule has 0 spiro atoms. The summed E-state index contributed by atoms with van der Waals surface area (Å²) >= 11 is 0. The fourth-order valence-electron chi connectivity index (χ4n) is 2.21. The van der Waals surface area contributed by atoms with Crippen LogP contribution in [0.2, 0.25) is 0 Å². The normalized spacial score (nSPS) is 12.6. The average Bonchev–Trinajstić information content (AvgIpc) is 2.37. The van der Waals surface area contributed by atoms with Gasteiger partial charge in [0.2, 0.25) is 0 Å². The number of aliphatic carboxylic acids is 1. The van der Waals surface area contributed by atoms with Crippen molar-refractivity contribution in [3.05, 3.63) is 35.9 Å². The van der Waals surface area contributed by atoms with Crippen LogP contribution in [-0.4, -0.2) is 35.1 Å². The molecule has 1 aromatic carbocycles. The van der Waals surface area contributed by atoms with Crippen molar-refractivity contribution < 1.29 is 9.90 Å². The van der Waals surface area contributed by atoms with Crippen LogP contribution in [0.15, 0.2) is 30.3 Å². The van der Waals surface area contributed by atoms with Crippen molar-refractivity contribution in [1.29, 1.82) is 0 Å². The first-order chi connectivity index (χ1) is 8.69. The van der Waals surface area contributed by atoms with Gasteiger partial charge in [0.05, 0.1) is 0 Å². The van der Waals surface area contributed by atoms with Crippen molar-refractivity contribution in [1.82, 2.24) is 4.90 Å². The van der Waals surface area contributed by atoms with Gasteiger partial charge in [-0.05, 0) is 37.9 Å². The zero-order valence-corrected chi connectivity index (χ0v) is 11.3. The maximum absolute atomic E-state index is 11.5. The Bertz CT molecular complexity index is 345. The lowest BCUT2D eigenvalue weighted by Gasteiger charge is -2.28. The first-order valence-electron chi connectivity index (χ1n) is 6.69. The van der Waals surface area contributed by atoms with Crippen molar-refractivity contribution in [3.8, 4) is 0 Å². The van der Waals surface area contributed by atoms with Crippen LogP contribution >= 0.6 is 0 Å². The number of hydrogen-bond acceptors (Lipinski definition) is 2. The zero-order chi connectivity index (χ0) is 13.4. The van der Waals surface area contributed by atoms with E-state index in [0.29, 0.717) is 6.42 Å². The minimum absolute atomic E-state index is 0.410. The highest BCUT2D eigenvalue weighted by Crippen LogP contribution is 2.11. The van der Waals surface area contributed by atoms with Gasteiger partial charge in [-0.25, -0.2) is 0 Å². The fraction of sp³-hybridized carbons (Fsp3) is 0.533. The topological polar surface area (TPSA) is 40.5 Å². The van der Waals surface area contributed by atoms with Gasteiger partial charge >= 0.3 is 5.97 Å². The molecule has 100 valence electrons. The van der Waals surface area contributed by atoms with Crippen molar-refractivity contribution in [3.63, 3.8) is 0 Å². The maximum Gasteiger partial charge on any atom is 0.321 e. The SMILES string of the molecule is CCCN(CCC)[C@@H](Cc1ccccc1)C(=O)O. The minimum Gasteiger partial charge on any atom is -0.480 e. The Balaban J connectivity index is 2.77. The van der Waals surface area contributed by atoms with Crippen LogP contribution in [0.3, 0.4) is 0 Å². The van der Waals surface area contributed by atoms with E-state index in [0.717, 1.165) is 31.5 Å². The summed E-state index contributed by atoms with van der Waals surface area (Å²) in [4.78, 5) is 13.5. The number of nitrogens with zero attached hydrogens (tertiary/aromatic N) is 1. The zero-order valence-electron chi connectivity index (χ0n) is 11.3. The summed E-state index contributed by atoms with van der Waals surface area (Å²) in [6.07, 6.45) is 2.55. The Morgan fingerprint density at radius 1 is 1.17 bits per heavy atom. The van der Waals surface area contributed by atoms with Gasteiger partial charge in [0.1, 0.15) is 6.04 Å². The molecule has 0 aromatic heterocycles. The van der Waals surface area contributed by atoms with E-state index < -0.39 is 12.0 Å². The Morgan fingerprint density at radius 3 is 2.17 bits per heavy atom. The van der Waals surface area contributed by atoms with Gasteiger partial charge in [-0.2, -0.15) is 0 Å². The van der Waals surface area contributed by atoms with Crippen molar-refractivity contribution in [2.24, 2.45) is 0 Å². The second-order valence-corrected chi connectivity index (χ2v) is 4.58. The molecule has 0 fully saturated rings. The van der Waals surface area contributed by atoms with Gasteiger partial charge in [-0.15, -0.1) is 0 Å². The van der Waals surface area contributed by atoms with Crippen molar-refractivity contribution in [2.45, 2.75) is 39.2 Å². The molecule has 1 aromatic rings. The molecule has 0 aliphatic heterocycles. The lowest BCUT2D eigenvalue weighted by Crippen LogP contribution is -2.43. The largest absolute Gasteiger partial charge is 0.480 e. The van der Waals surface area contributed by atoms with Crippen LogP contribution in [0.5, 0.6) is 0 Å². The van der Waals surface area contributed by atoms with Crippen LogP contribution in [0.1, 0.15) is 32.3 Å². The molecule has 0 bridgehead atoms. The Labute approximate surface area is 109 Å². The molecule has 0 aliphatic carbocycles. The summed E-state index contributed by atoms with van der Waals surface area (Å²) in [6.45, 7) is 5.86. The van der Waals surface area contributed by atoms with Crippen LogP contribution < -0.4 is 0 Å². The minimum atomic E-state index is -0.722. The highest BCUT2D eigenvalue weighted by atomic mass is 16.4. The second kappa shape index (κ2) is 7.88. The van der Waals surface area contributed by atoms with Gasteiger partial charge < -0.3 is 5.11 Å². The molecule has 1 rings (SSSR count). The molecule has 3 nitrogen and oxygen atoms in total. The number of rotatable bonds is 8. The summed E-state index contributed by atoms with van der Waals surface area (Å²) in [5.74, 6) is -0.722. The van der Waals surface area contributed by atoms with Crippen molar-refractivity contribution in [2.75, 3.05) is 13.1 Å². The van der Waals surface area contributed by atoms with E-state index >= 15 is 0 Å². The van der Waals surface area contributed by atoms with Gasteiger partial charge in [-0.3, -0.25) is 9.69 Å². The van der Waals surface area contributed by atoms with E-state index in [4.69, 9.17) is 0 Å². The Kier molecular flexibility index (Phi) is 6.44. The third kappa shape index (κ3) is 4.49. The molecule has 0 amide bonds. The molecule has 0 heterocycles. The maximum atomic E-state index is 11.5. The van der Waals surface area contributed by atoms with Gasteiger partial charge in [0.15, 0.2) is 0 Å². The Morgan fingerprint density at radius 2 is 1.72 bits per heavy atom. The van der Waals surface area contributed by atoms with Crippen LogP contribution in [-0.2, 0) is 11.2 Å². The molecule has 1 atom stereocenters. The first kappa shape index (κ1) is 14.7. The number of carboxylic acids is 1. The molecule has 0 saturated carbocycles. The standard InChI is InChI=1S/C15H23NO2/c1-3-10-16(11-4-2)14(15(17)18)12-13-8-6-5-7-9-13/h5-9,14H,3-4,10-12H2,1-2H3,(H,17,18)/t14-/m0/s1. The van der Waals surface area contributed by atoms with E-state index in [9.17, 15) is 9.90 Å². The summed E-state index contributed by atoms with van der Waals surface area (Å²) in [6, 6.07) is 9.44. The molecule has 1 N–H and O–H groups in total. The molecule has 0 radical (unpaired) electrons. The fourth-order valence-corrected chi connectivity index (χ4v) is 2.21. The summed E-state index contributed by atoms with van der Waals surface area (Å²) in [5.41, 5.74) is 1.09. The predicted molar refractivity (Wildman–Crippen MR) is 73.7 cm³/mol. The van der Waals surface area contributed by atoms with Gasteiger partial charge in [0.25, 0.3) is 0 Å². The molecule has 0 unspecified atom stereocenters. The van der Waals surface area contributed by atoms with E-state index in [1.807, 2.05) is 30.3 Å². The van der Waals surface area contributed by atoms with Gasteiger partial charge in [0, 0.05) is 0 Å². The van der Waals surface area contributed by atoms with E-state index in [-0.39, 0.29) is 0 Å². The lowest BCUT2D eigenvalue weighted by atomic mass is 10.0. The van der Waals surface area contributed by atoms with Crippen LogP contribution in [0.25, 0.3) is 0 Å². The van der Waals surface area contributed by atoms with E-state index in [2.05, 4.69) is 18.7 Å². The van der Waals surface area contributed by atoms with Crippen LogP contribution in [0, 0.1) is 0 Å². The molecule has 0 aliphatic rings. The summed E-state index contributed by atoms with van der Waals surface area (Å²) in [7, 11) is 0. The highest BCUT2D eigenvalue weighted by Gasteiger charge is 2.24.